The van der Waals surface area contributed by atoms with Crippen LogP contribution in [-0.4, -0.2) is 23.5 Å². The minimum atomic E-state index is -0.493. The molecule has 6 heteroatoms. The molecule has 0 aromatic heterocycles. The van der Waals surface area contributed by atoms with Crippen molar-refractivity contribution in [3.05, 3.63) is 86.2 Å². The Bertz CT molecular complexity index is 1300. The number of benzene rings is 2. The zero-order valence-electron chi connectivity index (χ0n) is 22.1. The van der Waals surface area contributed by atoms with Crippen LogP contribution in [-0.2, 0) is 16.2 Å². The van der Waals surface area contributed by atoms with Crippen LogP contribution in [0, 0.1) is 10.8 Å². The van der Waals surface area contributed by atoms with Gasteiger partial charge in [-0.15, -0.1) is 0 Å². The van der Waals surface area contributed by atoms with Gasteiger partial charge in [0.05, 0.1) is 0 Å². The van der Waals surface area contributed by atoms with Gasteiger partial charge in [-0.1, -0.05) is 63.0 Å². The zero-order valence-corrected chi connectivity index (χ0v) is 23.6. The number of hydrogen-bond donors (Lipinski definition) is 0. The van der Waals surface area contributed by atoms with Crippen molar-refractivity contribution in [3.63, 3.8) is 0 Å². The molecule has 0 atom stereocenters. The van der Waals surface area contributed by atoms with Gasteiger partial charge in [-0.3, -0.25) is 9.59 Å². The molecule has 1 heterocycles. The summed E-state index contributed by atoms with van der Waals surface area (Å²) in [5, 5.41) is 1.21. The number of Topliss-reactive ketones (excluding diaryl/α,β-unsaturated/α-hetero) is 2. The molecule has 2 aliphatic carbocycles. The van der Waals surface area contributed by atoms with E-state index >= 15 is 0 Å². The van der Waals surface area contributed by atoms with E-state index in [4.69, 9.17) is 27.9 Å². The van der Waals surface area contributed by atoms with Crippen LogP contribution in [0.2, 0.25) is 10.0 Å². The van der Waals surface area contributed by atoms with Crippen molar-refractivity contribution in [3.8, 4) is 5.75 Å². The molecule has 37 heavy (non-hydrogen) atoms. The first-order valence-corrected chi connectivity index (χ1v) is 13.5. The zero-order chi connectivity index (χ0) is 26.7. The molecule has 0 bridgehead atoms. The number of rotatable bonds is 4. The third-order valence-corrected chi connectivity index (χ3v) is 8.26. The number of carbonyl (C=O) groups excluding carboxylic acids is 2. The summed E-state index contributed by atoms with van der Waals surface area (Å²) in [6.07, 6.45) is 2.43. The summed E-state index contributed by atoms with van der Waals surface area (Å²) >= 11 is 12.6. The second kappa shape index (κ2) is 9.32. The fourth-order valence-corrected chi connectivity index (χ4v) is 6.40. The van der Waals surface area contributed by atoms with Crippen molar-refractivity contribution in [2.45, 2.75) is 65.9 Å². The van der Waals surface area contributed by atoms with Gasteiger partial charge in [0, 0.05) is 64.0 Å². The van der Waals surface area contributed by atoms with Gasteiger partial charge in [-0.05, 0) is 59.6 Å². The third-order valence-electron chi connectivity index (χ3n) is 7.77. The molecular weight excluding hydrogens is 505 g/mol. The number of allylic oxidation sites excluding steroid dienone is 4. The van der Waals surface area contributed by atoms with Crippen LogP contribution >= 0.6 is 23.2 Å². The number of ketones is 2. The van der Waals surface area contributed by atoms with E-state index in [0.717, 1.165) is 35.4 Å². The standard InChI is InChI=1S/C31H33Cl2NO3/c1-30(2)13-22-28(24(35)15-30)27(29-23(34(22)5)14-31(3,4)16-25(29)36)21-12-20(33)10-11-26(21)37-17-18-6-8-19(32)9-7-18/h6-12,27H,13-17H2,1-5H3. The Morgan fingerprint density at radius 2 is 1.32 bits per heavy atom. The second-order valence-corrected chi connectivity index (χ2v) is 13.1. The van der Waals surface area contributed by atoms with Crippen molar-refractivity contribution >= 4 is 34.8 Å². The number of hydrogen-bond acceptors (Lipinski definition) is 4. The Balaban J connectivity index is 1.67. The Morgan fingerprint density at radius 3 is 1.86 bits per heavy atom. The highest BCUT2D eigenvalue weighted by Crippen LogP contribution is 2.55. The van der Waals surface area contributed by atoms with Crippen LogP contribution in [0.25, 0.3) is 0 Å². The van der Waals surface area contributed by atoms with Crippen LogP contribution in [0.3, 0.4) is 0 Å². The summed E-state index contributed by atoms with van der Waals surface area (Å²) in [6, 6.07) is 13.0. The number of carbonyl (C=O) groups is 2. The quantitative estimate of drug-likeness (QED) is 0.397. The summed E-state index contributed by atoms with van der Waals surface area (Å²) in [6.45, 7) is 8.88. The van der Waals surface area contributed by atoms with Gasteiger partial charge in [0.2, 0.25) is 0 Å². The van der Waals surface area contributed by atoms with Crippen LogP contribution in [0.4, 0.5) is 0 Å². The molecule has 0 saturated heterocycles. The van der Waals surface area contributed by atoms with Crippen LogP contribution in [0.15, 0.2) is 65.0 Å². The maximum atomic E-state index is 13.8. The number of nitrogens with zero attached hydrogens (tertiary/aromatic N) is 1. The van der Waals surface area contributed by atoms with E-state index in [1.807, 2.05) is 43.4 Å². The molecule has 0 N–H and O–H groups in total. The van der Waals surface area contributed by atoms with Gasteiger partial charge < -0.3 is 9.64 Å². The lowest BCUT2D eigenvalue weighted by atomic mass is 9.63. The number of ether oxygens (including phenoxy) is 1. The van der Waals surface area contributed by atoms with Gasteiger partial charge in [0.15, 0.2) is 11.6 Å². The molecule has 0 unspecified atom stereocenters. The number of halogens is 2. The first-order valence-electron chi connectivity index (χ1n) is 12.8. The van der Waals surface area contributed by atoms with Crippen molar-refractivity contribution in [2.75, 3.05) is 7.05 Å². The molecule has 2 aromatic carbocycles. The maximum absolute atomic E-state index is 13.8. The highest BCUT2D eigenvalue weighted by molar-refractivity contribution is 6.31. The Kier molecular flexibility index (Phi) is 6.57. The third kappa shape index (κ3) is 4.98. The van der Waals surface area contributed by atoms with E-state index in [1.165, 1.54) is 0 Å². The predicted octanol–water partition coefficient (Wildman–Crippen LogP) is 7.89. The van der Waals surface area contributed by atoms with Gasteiger partial charge in [-0.25, -0.2) is 0 Å². The molecule has 4 nitrogen and oxygen atoms in total. The lowest BCUT2D eigenvalue weighted by molar-refractivity contribution is -0.119. The molecule has 0 spiro atoms. The minimum absolute atomic E-state index is 0.0934. The lowest BCUT2D eigenvalue weighted by Gasteiger charge is -2.48. The van der Waals surface area contributed by atoms with Crippen molar-refractivity contribution in [1.29, 1.82) is 0 Å². The summed E-state index contributed by atoms with van der Waals surface area (Å²) < 4.78 is 6.33. The van der Waals surface area contributed by atoms with Crippen LogP contribution in [0.5, 0.6) is 5.75 Å². The van der Waals surface area contributed by atoms with Gasteiger partial charge in [0.25, 0.3) is 0 Å². The Morgan fingerprint density at radius 1 is 0.811 bits per heavy atom. The van der Waals surface area contributed by atoms with E-state index < -0.39 is 5.92 Å². The topological polar surface area (TPSA) is 46.6 Å². The second-order valence-electron chi connectivity index (χ2n) is 12.2. The molecule has 1 aliphatic heterocycles. The van der Waals surface area contributed by atoms with Gasteiger partial charge in [0.1, 0.15) is 12.4 Å². The van der Waals surface area contributed by atoms with Crippen LogP contribution < -0.4 is 4.74 Å². The summed E-state index contributed by atoms with van der Waals surface area (Å²) in [5.41, 5.74) is 4.90. The monoisotopic (exact) mass is 537 g/mol. The minimum Gasteiger partial charge on any atom is -0.489 e. The molecule has 0 saturated carbocycles. The summed E-state index contributed by atoms with van der Waals surface area (Å²) in [7, 11) is 2.01. The Labute approximate surface area is 229 Å². The van der Waals surface area contributed by atoms with Crippen molar-refractivity contribution in [2.24, 2.45) is 10.8 Å². The largest absolute Gasteiger partial charge is 0.489 e. The van der Waals surface area contributed by atoms with Crippen molar-refractivity contribution in [1.82, 2.24) is 4.90 Å². The average molecular weight is 539 g/mol. The summed E-state index contributed by atoms with van der Waals surface area (Å²) in [4.78, 5) is 29.7. The van der Waals surface area contributed by atoms with Gasteiger partial charge in [-0.2, -0.15) is 0 Å². The van der Waals surface area contributed by atoms with E-state index in [0.29, 0.717) is 46.4 Å². The molecular formula is C31H33Cl2NO3. The lowest BCUT2D eigenvalue weighted by Crippen LogP contribution is -2.43. The van der Waals surface area contributed by atoms with Crippen LogP contribution in [0.1, 0.15) is 70.4 Å². The van der Waals surface area contributed by atoms with Crippen molar-refractivity contribution < 1.29 is 14.3 Å². The molecule has 3 aliphatic rings. The van der Waals surface area contributed by atoms with E-state index in [2.05, 4.69) is 32.6 Å². The molecule has 194 valence electrons. The predicted molar refractivity (Wildman–Crippen MR) is 148 cm³/mol. The highest BCUT2D eigenvalue weighted by Gasteiger charge is 2.48. The smallest absolute Gasteiger partial charge is 0.162 e. The summed E-state index contributed by atoms with van der Waals surface area (Å²) in [5.74, 6) is 0.321. The average Bonchev–Trinajstić information content (AvgIpc) is 2.79. The fraction of sp³-hybridized carbons (Fsp3) is 0.419. The Hall–Kier alpha value is -2.56. The molecule has 0 amide bonds. The first kappa shape index (κ1) is 26.1. The fourth-order valence-electron chi connectivity index (χ4n) is 6.09. The molecule has 5 rings (SSSR count). The highest BCUT2D eigenvalue weighted by atomic mass is 35.5. The normalized spacial score (nSPS) is 21.2. The van der Waals surface area contributed by atoms with Gasteiger partial charge >= 0.3 is 0 Å². The molecule has 0 radical (unpaired) electrons. The maximum Gasteiger partial charge on any atom is 0.162 e. The SMILES string of the molecule is CN1C2=C(C(=O)CC(C)(C)C2)C(c2cc(Cl)ccc2OCc2ccc(Cl)cc2)C2=C1CC(C)(C)CC2=O. The first-order chi connectivity index (χ1) is 17.3. The molecule has 0 fully saturated rings. The van der Waals surface area contributed by atoms with E-state index in [9.17, 15) is 9.59 Å². The van der Waals surface area contributed by atoms with E-state index in [1.54, 1.807) is 6.07 Å². The van der Waals surface area contributed by atoms with E-state index in [-0.39, 0.29) is 22.4 Å². The molecule has 2 aromatic rings.